The van der Waals surface area contributed by atoms with Crippen molar-refractivity contribution in [2.24, 2.45) is 5.92 Å². The summed E-state index contributed by atoms with van der Waals surface area (Å²) in [6.07, 6.45) is 4.82. The monoisotopic (exact) mass is 264 g/mol. The van der Waals surface area contributed by atoms with Crippen LogP contribution in [0.5, 0.6) is 0 Å². The summed E-state index contributed by atoms with van der Waals surface area (Å²) in [6.45, 7) is 0. The van der Waals surface area contributed by atoms with Gasteiger partial charge in [-0.2, -0.15) is 4.98 Å². The number of hydrogen-bond donors (Lipinski definition) is 1. The van der Waals surface area contributed by atoms with Crippen LogP contribution in [0.25, 0.3) is 10.7 Å². The number of rotatable bonds is 4. The van der Waals surface area contributed by atoms with E-state index in [2.05, 4.69) is 10.1 Å². The maximum atomic E-state index is 10.1. The molecule has 0 spiro atoms. The second kappa shape index (κ2) is 5.20. The van der Waals surface area contributed by atoms with E-state index in [4.69, 9.17) is 4.52 Å². The zero-order chi connectivity index (χ0) is 12.4. The van der Waals surface area contributed by atoms with E-state index in [0.717, 1.165) is 17.7 Å². The molecule has 1 aliphatic carbocycles. The molecule has 1 atom stereocenters. The minimum Gasteiger partial charge on any atom is -0.392 e. The standard InChI is InChI=1S/C13H16N2O2S/c16-10(9-4-1-2-5-9)8-12-14-13(15-17-12)11-6-3-7-18-11/h3,6-7,9-10,16H,1-2,4-5,8H2. The van der Waals surface area contributed by atoms with E-state index >= 15 is 0 Å². The van der Waals surface area contributed by atoms with Crippen LogP contribution in [0.2, 0.25) is 0 Å². The molecule has 4 nitrogen and oxygen atoms in total. The van der Waals surface area contributed by atoms with Crippen LogP contribution in [0.3, 0.4) is 0 Å². The summed E-state index contributed by atoms with van der Waals surface area (Å²) in [6, 6.07) is 3.93. The Kier molecular flexibility index (Phi) is 3.43. The summed E-state index contributed by atoms with van der Waals surface area (Å²) in [5.74, 6) is 1.57. The van der Waals surface area contributed by atoms with E-state index in [1.807, 2.05) is 17.5 Å². The minimum absolute atomic E-state index is 0.343. The fourth-order valence-corrected chi connectivity index (χ4v) is 3.18. The number of hydrogen-bond acceptors (Lipinski definition) is 5. The summed E-state index contributed by atoms with van der Waals surface area (Å²) in [5, 5.41) is 16.1. The Hall–Kier alpha value is -1.20. The molecule has 2 heterocycles. The van der Waals surface area contributed by atoms with Gasteiger partial charge >= 0.3 is 0 Å². The Morgan fingerprint density at radius 1 is 1.44 bits per heavy atom. The van der Waals surface area contributed by atoms with Crippen LogP contribution in [-0.4, -0.2) is 21.4 Å². The van der Waals surface area contributed by atoms with Gasteiger partial charge in [-0.05, 0) is 30.2 Å². The molecule has 1 saturated carbocycles. The van der Waals surface area contributed by atoms with Crippen molar-refractivity contribution in [2.75, 3.05) is 0 Å². The summed E-state index contributed by atoms with van der Waals surface area (Å²) >= 11 is 1.59. The normalized spacial score (nSPS) is 18.3. The highest BCUT2D eigenvalue weighted by atomic mass is 32.1. The molecular formula is C13H16N2O2S. The average Bonchev–Trinajstić information content (AvgIpc) is 3.12. The lowest BCUT2D eigenvalue weighted by atomic mass is 9.98. The van der Waals surface area contributed by atoms with E-state index < -0.39 is 0 Å². The Morgan fingerprint density at radius 3 is 3.00 bits per heavy atom. The fourth-order valence-electron chi connectivity index (χ4n) is 2.53. The van der Waals surface area contributed by atoms with E-state index in [1.165, 1.54) is 12.8 Å². The van der Waals surface area contributed by atoms with Gasteiger partial charge in [-0.25, -0.2) is 0 Å². The Labute approximate surface area is 110 Å². The quantitative estimate of drug-likeness (QED) is 0.922. The second-order valence-electron chi connectivity index (χ2n) is 4.81. The molecule has 1 N–H and O–H groups in total. The number of aliphatic hydroxyl groups is 1. The van der Waals surface area contributed by atoms with E-state index in [9.17, 15) is 5.11 Å². The van der Waals surface area contributed by atoms with Crippen LogP contribution >= 0.6 is 11.3 Å². The van der Waals surface area contributed by atoms with Gasteiger partial charge in [0.05, 0.1) is 17.4 Å². The lowest BCUT2D eigenvalue weighted by Crippen LogP contribution is -2.20. The molecule has 1 unspecified atom stereocenters. The van der Waals surface area contributed by atoms with Gasteiger partial charge in [-0.1, -0.05) is 24.1 Å². The largest absolute Gasteiger partial charge is 0.392 e. The van der Waals surface area contributed by atoms with E-state index in [0.29, 0.717) is 24.1 Å². The maximum absolute atomic E-state index is 10.1. The van der Waals surface area contributed by atoms with E-state index in [1.54, 1.807) is 11.3 Å². The molecule has 0 saturated heterocycles. The molecule has 18 heavy (non-hydrogen) atoms. The first-order valence-corrected chi connectivity index (χ1v) is 7.25. The number of aliphatic hydroxyl groups excluding tert-OH is 1. The van der Waals surface area contributed by atoms with Crippen LogP contribution in [-0.2, 0) is 6.42 Å². The Balaban J connectivity index is 1.66. The summed E-state index contributed by atoms with van der Waals surface area (Å²) < 4.78 is 5.20. The highest BCUT2D eigenvalue weighted by Gasteiger charge is 2.25. The van der Waals surface area contributed by atoms with Crippen molar-refractivity contribution in [1.82, 2.24) is 10.1 Å². The molecule has 1 aliphatic rings. The molecule has 0 bridgehead atoms. The summed E-state index contributed by atoms with van der Waals surface area (Å²) in [5.41, 5.74) is 0. The van der Waals surface area contributed by atoms with Gasteiger partial charge in [0.2, 0.25) is 11.7 Å². The number of aromatic nitrogens is 2. The molecule has 3 rings (SSSR count). The topological polar surface area (TPSA) is 59.2 Å². The SMILES string of the molecule is OC(Cc1nc(-c2cccs2)no1)C1CCCC1. The third-order valence-electron chi connectivity index (χ3n) is 3.54. The van der Waals surface area contributed by atoms with Crippen LogP contribution < -0.4 is 0 Å². The third kappa shape index (κ3) is 2.47. The Bertz CT molecular complexity index is 489. The summed E-state index contributed by atoms with van der Waals surface area (Å²) in [4.78, 5) is 5.34. The molecule has 0 radical (unpaired) electrons. The predicted octanol–water partition coefficient (Wildman–Crippen LogP) is 2.89. The minimum atomic E-state index is -0.343. The van der Waals surface area contributed by atoms with Crippen molar-refractivity contribution in [3.63, 3.8) is 0 Å². The second-order valence-corrected chi connectivity index (χ2v) is 5.75. The molecule has 1 fully saturated rings. The van der Waals surface area contributed by atoms with Gasteiger partial charge in [-0.3, -0.25) is 0 Å². The lowest BCUT2D eigenvalue weighted by Gasteiger charge is -2.14. The van der Waals surface area contributed by atoms with Crippen LogP contribution in [0.4, 0.5) is 0 Å². The fraction of sp³-hybridized carbons (Fsp3) is 0.538. The van der Waals surface area contributed by atoms with E-state index in [-0.39, 0.29) is 6.10 Å². The van der Waals surface area contributed by atoms with Crippen molar-refractivity contribution in [3.05, 3.63) is 23.4 Å². The molecule has 96 valence electrons. The summed E-state index contributed by atoms with van der Waals surface area (Å²) in [7, 11) is 0. The van der Waals surface area contributed by atoms with Crippen molar-refractivity contribution in [2.45, 2.75) is 38.2 Å². The zero-order valence-electron chi connectivity index (χ0n) is 10.1. The molecule has 2 aromatic rings. The van der Waals surface area contributed by atoms with Crippen LogP contribution in [0.15, 0.2) is 22.0 Å². The highest BCUT2D eigenvalue weighted by Crippen LogP contribution is 2.29. The van der Waals surface area contributed by atoms with Gasteiger partial charge in [0.15, 0.2) is 0 Å². The van der Waals surface area contributed by atoms with Gasteiger partial charge < -0.3 is 9.63 Å². The first kappa shape index (κ1) is 11.9. The highest BCUT2D eigenvalue weighted by molar-refractivity contribution is 7.13. The number of thiophene rings is 1. The molecular weight excluding hydrogens is 248 g/mol. The lowest BCUT2D eigenvalue weighted by molar-refractivity contribution is 0.102. The molecule has 5 heteroatoms. The Morgan fingerprint density at radius 2 is 2.28 bits per heavy atom. The van der Waals surface area contributed by atoms with Crippen molar-refractivity contribution >= 4 is 11.3 Å². The van der Waals surface area contributed by atoms with Crippen molar-refractivity contribution in [1.29, 1.82) is 0 Å². The molecule has 0 amide bonds. The average molecular weight is 264 g/mol. The zero-order valence-corrected chi connectivity index (χ0v) is 10.9. The smallest absolute Gasteiger partial charge is 0.229 e. The molecule has 0 aromatic carbocycles. The molecule has 2 aromatic heterocycles. The van der Waals surface area contributed by atoms with Gasteiger partial charge in [0, 0.05) is 0 Å². The first-order valence-electron chi connectivity index (χ1n) is 6.37. The number of nitrogens with zero attached hydrogens (tertiary/aromatic N) is 2. The third-order valence-corrected chi connectivity index (χ3v) is 4.40. The van der Waals surface area contributed by atoms with Crippen LogP contribution in [0.1, 0.15) is 31.6 Å². The van der Waals surface area contributed by atoms with Gasteiger partial charge in [0.1, 0.15) is 0 Å². The van der Waals surface area contributed by atoms with Crippen LogP contribution in [0, 0.1) is 5.92 Å². The van der Waals surface area contributed by atoms with Gasteiger partial charge in [-0.15, -0.1) is 11.3 Å². The van der Waals surface area contributed by atoms with Gasteiger partial charge in [0.25, 0.3) is 0 Å². The molecule has 0 aliphatic heterocycles. The first-order chi connectivity index (χ1) is 8.83. The maximum Gasteiger partial charge on any atom is 0.229 e. The van der Waals surface area contributed by atoms with Crippen molar-refractivity contribution < 1.29 is 9.63 Å². The predicted molar refractivity (Wildman–Crippen MR) is 69.3 cm³/mol. The van der Waals surface area contributed by atoms with Crippen molar-refractivity contribution in [3.8, 4) is 10.7 Å².